The van der Waals surface area contributed by atoms with E-state index in [1.165, 1.54) is 0 Å². The molecule has 88 valence electrons. The van der Waals surface area contributed by atoms with Crippen molar-refractivity contribution in [1.82, 2.24) is 0 Å². The van der Waals surface area contributed by atoms with Gasteiger partial charge in [0.1, 0.15) is 13.2 Å². The zero-order valence-electron chi connectivity index (χ0n) is 9.08. The molecule has 0 radical (unpaired) electrons. The summed E-state index contributed by atoms with van der Waals surface area (Å²) in [5, 5.41) is 0. The van der Waals surface area contributed by atoms with E-state index in [0.717, 1.165) is 12.0 Å². The van der Waals surface area contributed by atoms with Gasteiger partial charge in [-0.15, -0.1) is 0 Å². The van der Waals surface area contributed by atoms with Crippen molar-refractivity contribution in [3.05, 3.63) is 35.4 Å². The number of carbonyl (C=O) groups is 1. The second-order valence-corrected chi connectivity index (χ2v) is 3.38. The molecule has 1 aromatic rings. The zero-order valence-corrected chi connectivity index (χ0v) is 9.08. The first-order valence-corrected chi connectivity index (χ1v) is 5.11. The van der Waals surface area contributed by atoms with Crippen LogP contribution >= 0.6 is 0 Å². The van der Waals surface area contributed by atoms with Crippen LogP contribution in [-0.4, -0.2) is 25.4 Å². The van der Waals surface area contributed by atoms with Crippen molar-refractivity contribution in [2.24, 2.45) is 0 Å². The highest BCUT2D eigenvalue weighted by Gasteiger charge is 2.08. The van der Waals surface area contributed by atoms with Crippen molar-refractivity contribution in [1.29, 1.82) is 0 Å². The van der Waals surface area contributed by atoms with Gasteiger partial charge in [-0.1, -0.05) is 31.2 Å². The molecule has 4 heteroatoms. The Bertz CT molecular complexity index is 333. The molecule has 0 saturated heterocycles. The zero-order chi connectivity index (χ0) is 12.0. The summed E-state index contributed by atoms with van der Waals surface area (Å²) in [6.45, 7) is 1.02. The smallest absolute Gasteiger partial charge is 0.261 e. The molecule has 0 bridgehead atoms. The largest absolute Gasteiger partial charge is 0.367 e. The van der Waals surface area contributed by atoms with Gasteiger partial charge in [0.25, 0.3) is 6.43 Å². The van der Waals surface area contributed by atoms with Crippen LogP contribution in [0.1, 0.15) is 22.8 Å². The molecule has 0 saturated carbocycles. The van der Waals surface area contributed by atoms with E-state index in [1.807, 2.05) is 19.1 Å². The molecule has 1 aromatic carbocycles. The SMILES string of the molecule is CCc1ccc(C(=O)COCC(F)F)cc1. The van der Waals surface area contributed by atoms with Crippen LogP contribution in [0.3, 0.4) is 0 Å². The van der Waals surface area contributed by atoms with E-state index >= 15 is 0 Å². The Morgan fingerprint density at radius 1 is 1.31 bits per heavy atom. The summed E-state index contributed by atoms with van der Waals surface area (Å²) >= 11 is 0. The maximum atomic E-state index is 11.8. The lowest BCUT2D eigenvalue weighted by molar-refractivity contribution is 0.0196. The van der Waals surface area contributed by atoms with Gasteiger partial charge in [0.05, 0.1) is 0 Å². The van der Waals surface area contributed by atoms with E-state index < -0.39 is 13.0 Å². The fourth-order valence-electron chi connectivity index (χ4n) is 1.25. The average molecular weight is 228 g/mol. The molecule has 0 aliphatic rings. The standard InChI is InChI=1S/C12H14F2O2/c1-2-9-3-5-10(6-4-9)11(15)7-16-8-12(13)14/h3-6,12H,2,7-8H2,1H3. The Morgan fingerprint density at radius 2 is 1.94 bits per heavy atom. The second-order valence-electron chi connectivity index (χ2n) is 3.38. The average Bonchev–Trinajstić information content (AvgIpc) is 2.28. The summed E-state index contributed by atoms with van der Waals surface area (Å²) in [4.78, 5) is 11.5. The minimum Gasteiger partial charge on any atom is -0.367 e. The number of alkyl halides is 2. The highest BCUT2D eigenvalue weighted by molar-refractivity contribution is 5.97. The lowest BCUT2D eigenvalue weighted by atomic mass is 10.1. The number of ketones is 1. The van der Waals surface area contributed by atoms with Gasteiger partial charge in [-0.3, -0.25) is 4.79 Å². The van der Waals surface area contributed by atoms with E-state index in [9.17, 15) is 13.6 Å². The van der Waals surface area contributed by atoms with Crippen molar-refractivity contribution >= 4 is 5.78 Å². The number of aryl methyl sites for hydroxylation is 1. The Balaban J connectivity index is 2.46. The molecule has 0 atom stereocenters. The van der Waals surface area contributed by atoms with E-state index in [4.69, 9.17) is 0 Å². The van der Waals surface area contributed by atoms with E-state index in [2.05, 4.69) is 4.74 Å². The Kier molecular flexibility index (Phi) is 5.05. The third-order valence-electron chi connectivity index (χ3n) is 2.16. The van der Waals surface area contributed by atoms with Crippen LogP contribution in [-0.2, 0) is 11.2 Å². The number of hydrogen-bond donors (Lipinski definition) is 0. The number of ether oxygens (including phenoxy) is 1. The molecule has 0 unspecified atom stereocenters. The number of halogens is 2. The Hall–Kier alpha value is -1.29. The molecule has 16 heavy (non-hydrogen) atoms. The summed E-state index contributed by atoms with van der Waals surface area (Å²) in [7, 11) is 0. The quantitative estimate of drug-likeness (QED) is 0.700. The van der Waals surface area contributed by atoms with Gasteiger partial charge in [0.2, 0.25) is 0 Å². The van der Waals surface area contributed by atoms with Gasteiger partial charge < -0.3 is 4.74 Å². The van der Waals surface area contributed by atoms with Crippen LogP contribution in [0.15, 0.2) is 24.3 Å². The molecule has 0 aromatic heterocycles. The predicted molar refractivity (Wildman–Crippen MR) is 57.0 cm³/mol. The molecule has 0 N–H and O–H groups in total. The first-order valence-electron chi connectivity index (χ1n) is 5.11. The summed E-state index contributed by atoms with van der Waals surface area (Å²) in [5.41, 5.74) is 1.62. The van der Waals surface area contributed by atoms with Crippen LogP contribution in [0.2, 0.25) is 0 Å². The minimum atomic E-state index is -2.53. The number of carbonyl (C=O) groups excluding carboxylic acids is 1. The minimum absolute atomic E-state index is 0.275. The lowest BCUT2D eigenvalue weighted by Crippen LogP contribution is -2.13. The predicted octanol–water partition coefficient (Wildman–Crippen LogP) is 2.71. The van der Waals surface area contributed by atoms with Crippen LogP contribution in [0.4, 0.5) is 8.78 Å². The molecule has 0 aliphatic heterocycles. The Labute approximate surface area is 93.2 Å². The fraction of sp³-hybridized carbons (Fsp3) is 0.417. The number of hydrogen-bond acceptors (Lipinski definition) is 2. The fourth-order valence-corrected chi connectivity index (χ4v) is 1.25. The number of Topliss-reactive ketones (excluding diaryl/α,β-unsaturated/α-hetero) is 1. The molecule has 1 rings (SSSR count). The Morgan fingerprint density at radius 3 is 2.44 bits per heavy atom. The van der Waals surface area contributed by atoms with Crippen LogP contribution in [0.25, 0.3) is 0 Å². The third kappa shape index (κ3) is 4.06. The molecule has 0 aliphatic carbocycles. The van der Waals surface area contributed by atoms with E-state index in [1.54, 1.807) is 12.1 Å². The van der Waals surface area contributed by atoms with E-state index in [-0.39, 0.29) is 12.4 Å². The maximum absolute atomic E-state index is 11.8. The summed E-state index contributed by atoms with van der Waals surface area (Å²) < 4.78 is 28.1. The van der Waals surface area contributed by atoms with Gasteiger partial charge in [-0.05, 0) is 12.0 Å². The molecule has 2 nitrogen and oxygen atoms in total. The topological polar surface area (TPSA) is 26.3 Å². The van der Waals surface area contributed by atoms with Crippen molar-refractivity contribution in [3.63, 3.8) is 0 Å². The number of benzene rings is 1. The van der Waals surface area contributed by atoms with Gasteiger partial charge in [-0.25, -0.2) is 8.78 Å². The molecule has 0 heterocycles. The second kappa shape index (κ2) is 6.33. The molecular weight excluding hydrogens is 214 g/mol. The monoisotopic (exact) mass is 228 g/mol. The van der Waals surface area contributed by atoms with Gasteiger partial charge >= 0.3 is 0 Å². The number of rotatable bonds is 6. The molecule has 0 amide bonds. The maximum Gasteiger partial charge on any atom is 0.261 e. The van der Waals surface area contributed by atoms with Crippen molar-refractivity contribution in [3.8, 4) is 0 Å². The van der Waals surface area contributed by atoms with Gasteiger partial charge in [0.15, 0.2) is 5.78 Å². The highest BCUT2D eigenvalue weighted by atomic mass is 19.3. The highest BCUT2D eigenvalue weighted by Crippen LogP contribution is 2.06. The van der Waals surface area contributed by atoms with Crippen molar-refractivity contribution in [2.45, 2.75) is 19.8 Å². The summed E-state index contributed by atoms with van der Waals surface area (Å²) in [5.74, 6) is -0.275. The molecule has 0 fully saturated rings. The first-order chi connectivity index (χ1) is 7.63. The van der Waals surface area contributed by atoms with Crippen LogP contribution < -0.4 is 0 Å². The molecule has 0 spiro atoms. The summed E-state index contributed by atoms with van der Waals surface area (Å²) in [6.07, 6.45) is -1.63. The molecular formula is C12H14F2O2. The lowest BCUT2D eigenvalue weighted by Gasteiger charge is -2.03. The van der Waals surface area contributed by atoms with Crippen molar-refractivity contribution < 1.29 is 18.3 Å². The first kappa shape index (κ1) is 12.8. The van der Waals surface area contributed by atoms with E-state index in [0.29, 0.717) is 5.56 Å². The van der Waals surface area contributed by atoms with Gasteiger partial charge in [0, 0.05) is 5.56 Å². The van der Waals surface area contributed by atoms with Crippen molar-refractivity contribution in [2.75, 3.05) is 13.2 Å². The van der Waals surface area contributed by atoms with Gasteiger partial charge in [-0.2, -0.15) is 0 Å². The van der Waals surface area contributed by atoms with Crippen LogP contribution in [0, 0.1) is 0 Å². The third-order valence-corrected chi connectivity index (χ3v) is 2.16. The van der Waals surface area contributed by atoms with Crippen LogP contribution in [0.5, 0.6) is 0 Å². The normalized spacial score (nSPS) is 10.8. The summed E-state index contributed by atoms with van der Waals surface area (Å²) in [6, 6.07) is 7.07.